The molecule has 0 amide bonds. The molecular formula is C15H20Br2N4Si. The monoisotopic (exact) mass is 442 g/mol. The van der Waals surface area contributed by atoms with Gasteiger partial charge in [0.1, 0.15) is 11.9 Å². The molecule has 1 aromatic heterocycles. The zero-order chi connectivity index (χ0) is 16.5. The highest BCUT2D eigenvalue weighted by Crippen LogP contribution is 2.39. The number of nitriles is 1. The third-order valence-corrected chi connectivity index (χ3v) is 11.0. The highest BCUT2D eigenvalue weighted by Gasteiger charge is 2.28. The summed E-state index contributed by atoms with van der Waals surface area (Å²) < 4.78 is 2.20. The number of hydrogen-bond donors (Lipinski definition) is 0. The molecule has 1 fully saturated rings. The first-order valence-electron chi connectivity index (χ1n) is 7.35. The Morgan fingerprint density at radius 3 is 2.59 bits per heavy atom. The van der Waals surface area contributed by atoms with Crippen LogP contribution < -0.4 is 4.90 Å². The van der Waals surface area contributed by atoms with Gasteiger partial charge in [0.25, 0.3) is 0 Å². The number of rotatable bonds is 3. The Bertz CT molecular complexity index is 646. The standard InChI is InChI=1S/C15H20Br2N4Si/c1-10-6-5-7-21(10)15-11(9-19-12(8-18)20-15)13(16)14(17)22(2,3)4/h9-10H,5-7H2,1-4H3/b14-13-. The number of aromatic nitrogens is 2. The second-order valence-corrected chi connectivity index (χ2v) is 13.9. The molecular weight excluding hydrogens is 424 g/mol. The molecule has 118 valence electrons. The first-order valence-corrected chi connectivity index (χ1v) is 12.4. The summed E-state index contributed by atoms with van der Waals surface area (Å²) in [4.78, 5) is 10.9. The van der Waals surface area contributed by atoms with Crippen LogP contribution in [-0.2, 0) is 0 Å². The molecule has 1 atom stereocenters. The van der Waals surface area contributed by atoms with Crippen LogP contribution in [0.5, 0.6) is 0 Å². The maximum Gasteiger partial charge on any atom is 0.234 e. The predicted octanol–water partition coefficient (Wildman–Crippen LogP) is 4.67. The third-order valence-electron chi connectivity index (χ3n) is 3.78. The topological polar surface area (TPSA) is 52.8 Å². The van der Waals surface area contributed by atoms with E-state index in [1.165, 1.54) is 4.11 Å². The van der Waals surface area contributed by atoms with Gasteiger partial charge in [-0.05, 0) is 39.8 Å². The Morgan fingerprint density at radius 2 is 2.09 bits per heavy atom. The third kappa shape index (κ3) is 3.61. The van der Waals surface area contributed by atoms with Crippen molar-refractivity contribution in [3.8, 4) is 6.07 Å². The van der Waals surface area contributed by atoms with Gasteiger partial charge in [0, 0.05) is 23.3 Å². The number of anilines is 1. The molecule has 22 heavy (non-hydrogen) atoms. The minimum atomic E-state index is -1.50. The van der Waals surface area contributed by atoms with Crippen molar-refractivity contribution in [2.45, 2.75) is 45.4 Å². The lowest BCUT2D eigenvalue weighted by atomic mass is 10.2. The number of halogens is 2. The van der Waals surface area contributed by atoms with Crippen LogP contribution >= 0.6 is 31.9 Å². The Hall–Kier alpha value is -0.713. The average molecular weight is 444 g/mol. The van der Waals surface area contributed by atoms with Crippen LogP contribution in [0.4, 0.5) is 5.82 Å². The molecule has 7 heteroatoms. The molecule has 0 saturated carbocycles. The van der Waals surface area contributed by atoms with Gasteiger partial charge in [-0.25, -0.2) is 9.97 Å². The zero-order valence-electron chi connectivity index (χ0n) is 13.3. The van der Waals surface area contributed by atoms with Crippen LogP contribution in [0.1, 0.15) is 31.2 Å². The molecule has 0 bridgehead atoms. The van der Waals surface area contributed by atoms with E-state index < -0.39 is 8.07 Å². The van der Waals surface area contributed by atoms with Crippen LogP contribution in [0, 0.1) is 11.3 Å². The van der Waals surface area contributed by atoms with Gasteiger partial charge in [-0.15, -0.1) is 0 Å². The van der Waals surface area contributed by atoms with Gasteiger partial charge >= 0.3 is 0 Å². The Kier molecular flexibility index (Phi) is 5.46. The molecule has 1 aromatic rings. The molecule has 1 unspecified atom stereocenters. The van der Waals surface area contributed by atoms with Crippen molar-refractivity contribution in [1.82, 2.24) is 9.97 Å². The van der Waals surface area contributed by atoms with Crippen LogP contribution in [-0.4, -0.2) is 30.6 Å². The van der Waals surface area contributed by atoms with E-state index in [-0.39, 0.29) is 5.82 Å². The summed E-state index contributed by atoms with van der Waals surface area (Å²) in [5.41, 5.74) is 0.960. The van der Waals surface area contributed by atoms with Gasteiger partial charge in [-0.3, -0.25) is 0 Å². The summed E-state index contributed by atoms with van der Waals surface area (Å²) in [5, 5.41) is 9.12. The van der Waals surface area contributed by atoms with Gasteiger partial charge in [0.15, 0.2) is 0 Å². The van der Waals surface area contributed by atoms with Gasteiger partial charge in [-0.2, -0.15) is 5.26 Å². The first-order chi connectivity index (χ1) is 10.3. The quantitative estimate of drug-likeness (QED) is 0.636. The SMILES string of the molecule is CC1CCCN1c1nc(C#N)ncc1/C(Br)=C(\Br)[Si](C)(C)C. The lowest BCUT2D eigenvalue weighted by Gasteiger charge is -2.26. The van der Waals surface area contributed by atoms with E-state index in [1.54, 1.807) is 6.20 Å². The fourth-order valence-electron chi connectivity index (χ4n) is 2.50. The van der Waals surface area contributed by atoms with Crippen molar-refractivity contribution in [2.75, 3.05) is 11.4 Å². The molecule has 1 aliphatic heterocycles. The number of hydrogen-bond acceptors (Lipinski definition) is 4. The summed E-state index contributed by atoms with van der Waals surface area (Å²) in [6, 6.07) is 2.48. The summed E-state index contributed by atoms with van der Waals surface area (Å²) >= 11 is 7.48. The van der Waals surface area contributed by atoms with E-state index in [0.29, 0.717) is 6.04 Å². The van der Waals surface area contributed by atoms with Crippen molar-refractivity contribution in [3.05, 3.63) is 21.7 Å². The van der Waals surface area contributed by atoms with E-state index in [2.05, 4.69) is 73.3 Å². The van der Waals surface area contributed by atoms with Gasteiger partial charge in [0.05, 0.1) is 13.6 Å². The molecule has 2 rings (SSSR count). The minimum absolute atomic E-state index is 0.224. The van der Waals surface area contributed by atoms with Gasteiger partial charge in [-0.1, -0.05) is 35.6 Å². The summed E-state index contributed by atoms with van der Waals surface area (Å²) in [6.45, 7) is 10.0. The molecule has 1 aliphatic rings. The van der Waals surface area contributed by atoms with Crippen molar-refractivity contribution >= 4 is 50.2 Å². The van der Waals surface area contributed by atoms with E-state index in [1.807, 2.05) is 6.07 Å². The van der Waals surface area contributed by atoms with E-state index in [0.717, 1.165) is 35.3 Å². The second-order valence-electron chi connectivity index (χ2n) is 6.61. The zero-order valence-corrected chi connectivity index (χ0v) is 17.5. The van der Waals surface area contributed by atoms with Crippen LogP contribution in [0.2, 0.25) is 19.6 Å². The van der Waals surface area contributed by atoms with Crippen molar-refractivity contribution in [2.24, 2.45) is 0 Å². The molecule has 1 saturated heterocycles. The highest BCUT2D eigenvalue weighted by molar-refractivity contribution is 9.17. The predicted molar refractivity (Wildman–Crippen MR) is 101 cm³/mol. The summed E-state index contributed by atoms with van der Waals surface area (Å²) in [7, 11) is -1.50. The fourth-order valence-corrected chi connectivity index (χ4v) is 5.57. The van der Waals surface area contributed by atoms with Crippen LogP contribution in [0.15, 0.2) is 10.3 Å². The Labute approximate surface area is 149 Å². The van der Waals surface area contributed by atoms with Crippen LogP contribution in [0.3, 0.4) is 0 Å². The highest BCUT2D eigenvalue weighted by atomic mass is 79.9. The molecule has 2 heterocycles. The lowest BCUT2D eigenvalue weighted by molar-refractivity contribution is 0.724. The molecule has 0 spiro atoms. The van der Waals surface area contributed by atoms with Crippen molar-refractivity contribution in [1.29, 1.82) is 5.26 Å². The number of nitrogens with zero attached hydrogens (tertiary/aromatic N) is 4. The second kappa shape index (κ2) is 6.81. The van der Waals surface area contributed by atoms with Crippen molar-refractivity contribution < 1.29 is 0 Å². The first kappa shape index (κ1) is 17.6. The normalized spacial score (nSPS) is 19.9. The van der Waals surface area contributed by atoms with E-state index in [4.69, 9.17) is 5.26 Å². The summed E-state index contributed by atoms with van der Waals surface area (Å²) in [6.07, 6.45) is 4.07. The van der Waals surface area contributed by atoms with Gasteiger partial charge in [0.2, 0.25) is 5.82 Å². The largest absolute Gasteiger partial charge is 0.353 e. The van der Waals surface area contributed by atoms with Crippen molar-refractivity contribution in [3.63, 3.8) is 0 Å². The average Bonchev–Trinajstić information content (AvgIpc) is 2.90. The minimum Gasteiger partial charge on any atom is -0.353 e. The smallest absolute Gasteiger partial charge is 0.234 e. The molecule has 0 N–H and O–H groups in total. The Balaban J connectivity index is 2.59. The molecule has 0 aromatic carbocycles. The molecule has 0 radical (unpaired) electrons. The molecule has 0 aliphatic carbocycles. The Morgan fingerprint density at radius 1 is 1.41 bits per heavy atom. The molecule has 4 nitrogen and oxygen atoms in total. The van der Waals surface area contributed by atoms with E-state index >= 15 is 0 Å². The van der Waals surface area contributed by atoms with E-state index in [9.17, 15) is 0 Å². The maximum atomic E-state index is 9.12. The maximum absolute atomic E-state index is 9.12. The van der Waals surface area contributed by atoms with Crippen LogP contribution in [0.25, 0.3) is 4.48 Å². The fraction of sp³-hybridized carbons (Fsp3) is 0.533. The lowest BCUT2D eigenvalue weighted by Crippen LogP contribution is -2.29. The van der Waals surface area contributed by atoms with Gasteiger partial charge < -0.3 is 4.90 Å². The summed E-state index contributed by atoms with van der Waals surface area (Å²) in [5.74, 6) is 1.08.